The van der Waals surface area contributed by atoms with E-state index >= 15 is 0 Å². The summed E-state index contributed by atoms with van der Waals surface area (Å²) in [6, 6.07) is 2.10. The van der Waals surface area contributed by atoms with Gasteiger partial charge in [0.2, 0.25) is 5.91 Å². The van der Waals surface area contributed by atoms with Crippen molar-refractivity contribution in [1.82, 2.24) is 5.32 Å². The summed E-state index contributed by atoms with van der Waals surface area (Å²) in [5.74, 6) is 1.75. The number of fused-ring (bicyclic) bond motifs is 1. The Balaban J connectivity index is 0.00000147. The number of aryl methyl sites for hydroxylation is 1. The van der Waals surface area contributed by atoms with Crippen LogP contribution in [0.15, 0.2) is 11.4 Å². The van der Waals surface area contributed by atoms with E-state index in [1.807, 2.05) is 0 Å². The molecule has 1 aliphatic heterocycles. The lowest BCUT2D eigenvalue weighted by molar-refractivity contribution is -0.122. The first-order valence-corrected chi connectivity index (χ1v) is 8.77. The Bertz CT molecular complexity index is 489. The van der Waals surface area contributed by atoms with E-state index in [0.717, 1.165) is 12.2 Å². The predicted octanol–water partition coefficient (Wildman–Crippen LogP) is 2.74. The summed E-state index contributed by atoms with van der Waals surface area (Å²) < 4.78 is 0. The largest absolute Gasteiger partial charge is 0.348 e. The van der Waals surface area contributed by atoms with Crippen molar-refractivity contribution in [3.05, 3.63) is 21.9 Å². The van der Waals surface area contributed by atoms with Crippen molar-refractivity contribution in [3.63, 3.8) is 0 Å². The van der Waals surface area contributed by atoms with E-state index in [-0.39, 0.29) is 29.1 Å². The highest BCUT2D eigenvalue weighted by Crippen LogP contribution is 2.42. The van der Waals surface area contributed by atoms with E-state index < -0.39 is 0 Å². The van der Waals surface area contributed by atoms with Crippen LogP contribution in [0.4, 0.5) is 0 Å². The number of thiophene rings is 1. The first kappa shape index (κ1) is 16.1. The molecule has 3 nitrogen and oxygen atoms in total. The molecule has 2 unspecified atom stereocenters. The molecule has 2 heterocycles. The van der Waals surface area contributed by atoms with E-state index in [4.69, 9.17) is 5.73 Å². The number of rotatable bonds is 4. The van der Waals surface area contributed by atoms with Crippen LogP contribution in [0.5, 0.6) is 0 Å². The van der Waals surface area contributed by atoms with Gasteiger partial charge in [0.05, 0.1) is 5.54 Å². The smallest absolute Gasteiger partial charge is 0.238 e. The second kappa shape index (κ2) is 6.26. The first-order valence-electron chi connectivity index (χ1n) is 6.84. The third-order valence-electron chi connectivity index (χ3n) is 4.23. The Labute approximate surface area is 134 Å². The zero-order valence-electron chi connectivity index (χ0n) is 11.6. The number of nitrogens with two attached hydrogens (primary N) is 1. The lowest BCUT2D eigenvalue weighted by atomic mass is 9.95. The fraction of sp³-hybridized carbons (Fsp3) is 0.643. The fourth-order valence-electron chi connectivity index (χ4n) is 2.75. The molecule has 6 heteroatoms. The first-order chi connectivity index (χ1) is 9.14. The van der Waals surface area contributed by atoms with Gasteiger partial charge in [-0.3, -0.25) is 4.79 Å². The van der Waals surface area contributed by atoms with Crippen molar-refractivity contribution in [2.24, 2.45) is 11.7 Å². The second-order valence-electron chi connectivity index (χ2n) is 5.69. The zero-order chi connectivity index (χ0) is 13.5. The van der Waals surface area contributed by atoms with Crippen molar-refractivity contribution in [1.29, 1.82) is 0 Å². The lowest BCUT2D eigenvalue weighted by Gasteiger charge is -2.32. The van der Waals surface area contributed by atoms with Gasteiger partial charge in [-0.1, -0.05) is 0 Å². The highest BCUT2D eigenvalue weighted by molar-refractivity contribution is 8.00. The second-order valence-corrected chi connectivity index (χ2v) is 7.90. The van der Waals surface area contributed by atoms with Crippen LogP contribution in [-0.4, -0.2) is 23.7 Å². The average molecular weight is 333 g/mol. The minimum atomic E-state index is -0.217. The minimum Gasteiger partial charge on any atom is -0.348 e. The molecule has 1 aliphatic carbocycles. The molecule has 3 N–H and O–H groups in total. The van der Waals surface area contributed by atoms with Gasteiger partial charge in [0, 0.05) is 11.4 Å². The summed E-state index contributed by atoms with van der Waals surface area (Å²) >= 11 is 3.53. The number of nitrogens with one attached hydrogen (secondary N) is 1. The third-order valence-corrected chi connectivity index (χ3v) is 6.46. The summed E-state index contributed by atoms with van der Waals surface area (Å²) in [5, 5.41) is 5.28. The summed E-state index contributed by atoms with van der Waals surface area (Å²) in [5.41, 5.74) is 6.88. The van der Waals surface area contributed by atoms with Crippen LogP contribution in [0.3, 0.4) is 0 Å². The Morgan fingerprint density at radius 2 is 2.30 bits per heavy atom. The Morgan fingerprint density at radius 1 is 1.55 bits per heavy atom. The van der Waals surface area contributed by atoms with Gasteiger partial charge in [-0.2, -0.15) is 0 Å². The number of hydrogen-bond donors (Lipinski definition) is 2. The van der Waals surface area contributed by atoms with Crippen LogP contribution in [0, 0.1) is 5.92 Å². The van der Waals surface area contributed by atoms with E-state index in [9.17, 15) is 4.79 Å². The number of halogens is 1. The Hall–Kier alpha value is -0.230. The molecule has 2 aliphatic rings. The van der Waals surface area contributed by atoms with Crippen molar-refractivity contribution in [2.45, 2.75) is 37.0 Å². The van der Waals surface area contributed by atoms with Gasteiger partial charge in [-0.25, -0.2) is 0 Å². The summed E-state index contributed by atoms with van der Waals surface area (Å²) in [6.45, 7) is 2.61. The molecule has 0 saturated heterocycles. The lowest BCUT2D eigenvalue weighted by Crippen LogP contribution is -2.54. The van der Waals surface area contributed by atoms with Gasteiger partial charge in [-0.15, -0.1) is 35.5 Å². The van der Waals surface area contributed by atoms with Crippen LogP contribution < -0.4 is 11.1 Å². The molecule has 0 spiro atoms. The molecule has 1 aromatic rings. The quantitative estimate of drug-likeness (QED) is 0.891. The molecule has 0 bridgehead atoms. The van der Waals surface area contributed by atoms with E-state index in [2.05, 4.69) is 23.7 Å². The molecule has 1 saturated carbocycles. The molecular formula is C14H21ClN2OS2. The predicted molar refractivity (Wildman–Crippen MR) is 88.8 cm³/mol. The molecule has 1 aromatic heterocycles. The summed E-state index contributed by atoms with van der Waals surface area (Å²) in [6.07, 6.45) is 3.48. The normalized spacial score (nSPS) is 24.2. The topological polar surface area (TPSA) is 55.1 Å². The number of carbonyl (C=O) groups excluding carboxylic acids is 1. The highest BCUT2D eigenvalue weighted by Gasteiger charge is 2.43. The Kier molecular flexibility index (Phi) is 5.05. The van der Waals surface area contributed by atoms with Crippen molar-refractivity contribution >= 4 is 41.4 Å². The van der Waals surface area contributed by atoms with Crippen LogP contribution in [-0.2, 0) is 11.2 Å². The van der Waals surface area contributed by atoms with E-state index in [0.29, 0.717) is 12.5 Å². The van der Waals surface area contributed by atoms with Gasteiger partial charge in [-0.05, 0) is 54.9 Å². The van der Waals surface area contributed by atoms with Crippen LogP contribution in [0.2, 0.25) is 0 Å². The Morgan fingerprint density at radius 3 is 2.95 bits per heavy atom. The number of thioether (sulfide) groups is 1. The number of carbonyl (C=O) groups is 1. The zero-order valence-corrected chi connectivity index (χ0v) is 14.0. The van der Waals surface area contributed by atoms with Crippen LogP contribution in [0.25, 0.3) is 0 Å². The van der Waals surface area contributed by atoms with Gasteiger partial charge in [0.15, 0.2) is 0 Å². The minimum absolute atomic E-state index is 0. The molecule has 2 atom stereocenters. The summed E-state index contributed by atoms with van der Waals surface area (Å²) in [4.78, 5) is 14.0. The van der Waals surface area contributed by atoms with Crippen molar-refractivity contribution in [2.75, 3.05) is 12.3 Å². The van der Waals surface area contributed by atoms with E-state index in [1.54, 1.807) is 23.1 Å². The van der Waals surface area contributed by atoms with Crippen LogP contribution >= 0.6 is 35.5 Å². The van der Waals surface area contributed by atoms with Gasteiger partial charge in [0.25, 0.3) is 0 Å². The van der Waals surface area contributed by atoms with Gasteiger partial charge in [0.1, 0.15) is 5.25 Å². The molecule has 3 rings (SSSR count). The molecule has 1 amide bonds. The average Bonchev–Trinajstić information content (AvgIpc) is 3.16. The molecule has 112 valence electrons. The summed E-state index contributed by atoms with van der Waals surface area (Å²) in [7, 11) is 0. The monoisotopic (exact) mass is 332 g/mol. The standard InChI is InChI=1S/C14H20N2OS2.ClH/c1-14(8-15,9-2-3-9)16-13(17)12-10-4-6-18-11(10)5-7-19-12;/h4,6,9,12H,2-3,5,7-8,15H2,1H3,(H,16,17);1H. The maximum absolute atomic E-state index is 12.6. The molecule has 20 heavy (non-hydrogen) atoms. The van der Waals surface area contributed by atoms with Crippen molar-refractivity contribution < 1.29 is 4.79 Å². The van der Waals surface area contributed by atoms with E-state index in [1.165, 1.54) is 23.3 Å². The van der Waals surface area contributed by atoms with Gasteiger partial charge >= 0.3 is 0 Å². The number of hydrogen-bond acceptors (Lipinski definition) is 4. The molecule has 0 radical (unpaired) electrons. The molecular weight excluding hydrogens is 312 g/mol. The van der Waals surface area contributed by atoms with Gasteiger partial charge < -0.3 is 11.1 Å². The molecule has 1 fully saturated rings. The van der Waals surface area contributed by atoms with Crippen LogP contribution in [0.1, 0.15) is 35.5 Å². The van der Waals surface area contributed by atoms with Crippen molar-refractivity contribution in [3.8, 4) is 0 Å². The fourth-order valence-corrected chi connectivity index (χ4v) is 5.04. The maximum atomic E-state index is 12.6. The molecule has 0 aromatic carbocycles. The number of amides is 1. The SMILES string of the molecule is CC(CN)(NC(=O)C1SCCc2sccc21)C1CC1.Cl. The maximum Gasteiger partial charge on any atom is 0.238 e. The third kappa shape index (κ3) is 3.01. The highest BCUT2D eigenvalue weighted by atomic mass is 35.5.